The van der Waals surface area contributed by atoms with Crippen molar-refractivity contribution in [3.63, 3.8) is 0 Å². The monoisotopic (exact) mass is 400 g/mol. The van der Waals surface area contributed by atoms with Crippen LogP contribution < -0.4 is 0 Å². The second-order valence-electron chi connectivity index (χ2n) is 8.08. The van der Waals surface area contributed by atoms with Gasteiger partial charge in [-0.25, -0.2) is 0 Å². The Morgan fingerprint density at radius 2 is 1.46 bits per heavy atom. The van der Waals surface area contributed by atoms with E-state index >= 15 is 0 Å². The molecular weight excluding hydrogens is 356 g/mol. The van der Waals surface area contributed by atoms with E-state index in [0.29, 0.717) is 6.61 Å². The third kappa shape index (κ3) is 12.2. The summed E-state index contributed by atoms with van der Waals surface area (Å²) in [7, 11) is 0. The molecule has 1 heterocycles. The van der Waals surface area contributed by atoms with Gasteiger partial charge in [0.1, 0.15) is 24.4 Å². The number of rotatable bonds is 18. The van der Waals surface area contributed by atoms with Crippen LogP contribution in [-0.2, 0) is 9.47 Å². The zero-order chi connectivity index (χ0) is 20.5. The maximum Gasteiger partial charge on any atom is 0.114 e. The molecule has 1 aliphatic heterocycles. The molecule has 0 unspecified atom stereocenters. The molecule has 0 bridgehead atoms. The summed E-state index contributed by atoms with van der Waals surface area (Å²) in [6, 6.07) is 0. The van der Waals surface area contributed by atoms with E-state index in [1.165, 1.54) is 70.6 Å². The van der Waals surface area contributed by atoms with Gasteiger partial charge in [0.05, 0.1) is 13.2 Å². The first-order valence-corrected chi connectivity index (χ1v) is 11.5. The van der Waals surface area contributed by atoms with Crippen molar-refractivity contribution in [3.8, 4) is 0 Å². The highest BCUT2D eigenvalue weighted by Gasteiger charge is 2.39. The third-order valence-electron chi connectivity index (χ3n) is 5.41. The molecule has 1 rings (SSSR count). The van der Waals surface area contributed by atoms with Gasteiger partial charge in [-0.05, 0) is 32.1 Å². The molecule has 5 nitrogen and oxygen atoms in total. The van der Waals surface area contributed by atoms with E-state index < -0.39 is 24.4 Å². The Hall–Kier alpha value is -0.460. The highest BCUT2D eigenvalue weighted by Crippen LogP contribution is 2.18. The van der Waals surface area contributed by atoms with Gasteiger partial charge in [-0.2, -0.15) is 0 Å². The molecule has 5 heteroatoms. The van der Waals surface area contributed by atoms with Crippen LogP contribution in [0.5, 0.6) is 0 Å². The fourth-order valence-electron chi connectivity index (χ4n) is 3.54. The Labute approximate surface area is 172 Å². The SMILES string of the molecule is CCCCCCC/C=C/CCCCCCCCOC[C@H](O)[C@@H]1OC[C@@H](O)[C@@H]1O. The Morgan fingerprint density at radius 3 is 2.04 bits per heavy atom. The van der Waals surface area contributed by atoms with E-state index in [1.807, 2.05) is 0 Å². The van der Waals surface area contributed by atoms with Gasteiger partial charge in [-0.3, -0.25) is 0 Å². The van der Waals surface area contributed by atoms with Crippen molar-refractivity contribution in [2.45, 2.75) is 115 Å². The number of ether oxygens (including phenoxy) is 2. The van der Waals surface area contributed by atoms with E-state index in [4.69, 9.17) is 9.47 Å². The number of hydrogen-bond donors (Lipinski definition) is 3. The molecule has 0 aromatic rings. The lowest BCUT2D eigenvalue weighted by Crippen LogP contribution is -2.40. The summed E-state index contributed by atoms with van der Waals surface area (Å²) in [5.74, 6) is 0. The Bertz CT molecular complexity index is 374. The van der Waals surface area contributed by atoms with Gasteiger partial charge in [0.25, 0.3) is 0 Å². The van der Waals surface area contributed by atoms with Crippen molar-refractivity contribution >= 4 is 0 Å². The summed E-state index contributed by atoms with van der Waals surface area (Å²) in [6.07, 6.45) is 17.6. The Morgan fingerprint density at radius 1 is 0.893 bits per heavy atom. The molecule has 0 spiro atoms. The first-order valence-electron chi connectivity index (χ1n) is 11.5. The topological polar surface area (TPSA) is 79.2 Å². The van der Waals surface area contributed by atoms with Crippen molar-refractivity contribution in [2.24, 2.45) is 0 Å². The van der Waals surface area contributed by atoms with Gasteiger partial charge in [0, 0.05) is 6.61 Å². The van der Waals surface area contributed by atoms with E-state index in [-0.39, 0.29) is 13.2 Å². The number of allylic oxidation sites excluding steroid dienone is 2. The Balaban J connectivity index is 1.79. The lowest BCUT2D eigenvalue weighted by molar-refractivity contribution is -0.0813. The number of hydrogen-bond acceptors (Lipinski definition) is 5. The number of unbranched alkanes of at least 4 members (excludes halogenated alkanes) is 11. The lowest BCUT2D eigenvalue weighted by atomic mass is 10.1. The van der Waals surface area contributed by atoms with Crippen LogP contribution in [0.3, 0.4) is 0 Å². The molecule has 166 valence electrons. The molecule has 3 N–H and O–H groups in total. The summed E-state index contributed by atoms with van der Waals surface area (Å²) < 4.78 is 10.7. The van der Waals surface area contributed by atoms with Gasteiger partial charge >= 0.3 is 0 Å². The summed E-state index contributed by atoms with van der Waals surface area (Å²) in [5, 5.41) is 29.0. The molecule has 1 aliphatic rings. The minimum atomic E-state index is -1.03. The van der Waals surface area contributed by atoms with Gasteiger partial charge in [0.2, 0.25) is 0 Å². The maximum atomic E-state index is 9.94. The van der Waals surface area contributed by atoms with Crippen LogP contribution in [-0.4, -0.2) is 59.6 Å². The molecule has 0 radical (unpaired) electrons. The predicted octanol–water partition coefficient (Wildman–Crippen LogP) is 4.13. The van der Waals surface area contributed by atoms with E-state index in [2.05, 4.69) is 19.1 Å². The van der Waals surface area contributed by atoms with Gasteiger partial charge in [-0.15, -0.1) is 0 Å². The van der Waals surface area contributed by atoms with Crippen LogP contribution in [0.4, 0.5) is 0 Å². The highest BCUT2D eigenvalue weighted by molar-refractivity contribution is 4.87. The van der Waals surface area contributed by atoms with Crippen molar-refractivity contribution in [2.75, 3.05) is 19.8 Å². The third-order valence-corrected chi connectivity index (χ3v) is 5.41. The minimum absolute atomic E-state index is 0.0672. The van der Waals surface area contributed by atoms with Crippen LogP contribution >= 0.6 is 0 Å². The van der Waals surface area contributed by atoms with Crippen LogP contribution in [0.15, 0.2) is 12.2 Å². The number of aliphatic hydroxyl groups is 3. The zero-order valence-electron chi connectivity index (χ0n) is 17.9. The molecule has 0 aliphatic carbocycles. The quantitative estimate of drug-likeness (QED) is 0.238. The second-order valence-corrected chi connectivity index (χ2v) is 8.08. The smallest absolute Gasteiger partial charge is 0.114 e. The van der Waals surface area contributed by atoms with Gasteiger partial charge < -0.3 is 24.8 Å². The molecule has 1 saturated heterocycles. The van der Waals surface area contributed by atoms with Gasteiger partial charge in [-0.1, -0.05) is 70.4 Å². The number of aliphatic hydroxyl groups excluding tert-OH is 3. The molecule has 0 aromatic heterocycles. The fraction of sp³-hybridized carbons (Fsp3) is 0.913. The van der Waals surface area contributed by atoms with E-state index in [9.17, 15) is 15.3 Å². The summed E-state index contributed by atoms with van der Waals surface area (Å²) in [5.41, 5.74) is 0. The summed E-state index contributed by atoms with van der Waals surface area (Å²) in [6.45, 7) is 3.08. The zero-order valence-corrected chi connectivity index (χ0v) is 17.9. The van der Waals surface area contributed by atoms with Crippen LogP contribution in [0.1, 0.15) is 90.4 Å². The Kier molecular flexibility index (Phi) is 15.9. The van der Waals surface area contributed by atoms with Gasteiger partial charge in [0.15, 0.2) is 0 Å². The lowest BCUT2D eigenvalue weighted by Gasteiger charge is -2.20. The molecule has 0 amide bonds. The van der Waals surface area contributed by atoms with Crippen molar-refractivity contribution < 1.29 is 24.8 Å². The van der Waals surface area contributed by atoms with Crippen molar-refractivity contribution in [1.82, 2.24) is 0 Å². The second kappa shape index (κ2) is 17.4. The summed E-state index contributed by atoms with van der Waals surface area (Å²) in [4.78, 5) is 0. The normalized spacial score (nSPS) is 23.6. The van der Waals surface area contributed by atoms with Crippen LogP contribution in [0.25, 0.3) is 0 Å². The predicted molar refractivity (Wildman–Crippen MR) is 113 cm³/mol. The molecule has 0 saturated carbocycles. The molecule has 4 atom stereocenters. The van der Waals surface area contributed by atoms with Crippen LogP contribution in [0, 0.1) is 0 Å². The fourth-order valence-corrected chi connectivity index (χ4v) is 3.54. The maximum absolute atomic E-state index is 9.94. The standard InChI is InChI=1S/C23H44O5/c1-2-3-4-5-6-7-8-9-10-11-12-13-14-15-16-17-27-18-21(25)23-22(26)20(24)19-28-23/h8-9,20-26H,2-7,10-19H2,1H3/b9-8+/t20-,21+,22+,23+/m1/s1. The first kappa shape index (κ1) is 25.6. The summed E-state index contributed by atoms with van der Waals surface area (Å²) >= 11 is 0. The molecule has 28 heavy (non-hydrogen) atoms. The van der Waals surface area contributed by atoms with Crippen molar-refractivity contribution in [1.29, 1.82) is 0 Å². The van der Waals surface area contributed by atoms with Crippen LogP contribution in [0.2, 0.25) is 0 Å². The van der Waals surface area contributed by atoms with E-state index in [0.717, 1.165) is 12.8 Å². The minimum Gasteiger partial charge on any atom is -0.388 e. The molecule has 0 aromatic carbocycles. The first-order chi connectivity index (χ1) is 13.7. The van der Waals surface area contributed by atoms with Crippen molar-refractivity contribution in [3.05, 3.63) is 12.2 Å². The molecular formula is C23H44O5. The highest BCUT2D eigenvalue weighted by atomic mass is 16.5. The van der Waals surface area contributed by atoms with E-state index in [1.54, 1.807) is 0 Å². The largest absolute Gasteiger partial charge is 0.388 e. The molecule has 1 fully saturated rings. The average Bonchev–Trinajstić information content (AvgIpc) is 3.03. The average molecular weight is 401 g/mol.